The molecule has 1 saturated heterocycles. The van der Waals surface area contributed by atoms with Gasteiger partial charge in [0, 0.05) is 18.0 Å². The molecule has 5 nitrogen and oxygen atoms in total. The summed E-state index contributed by atoms with van der Waals surface area (Å²) in [6, 6.07) is 0. The molecule has 0 bridgehead atoms. The first kappa shape index (κ1) is 7.43. The lowest BCUT2D eigenvalue weighted by Crippen LogP contribution is -2.50. The summed E-state index contributed by atoms with van der Waals surface area (Å²) in [6.45, 7) is 2.86. The lowest BCUT2D eigenvalue weighted by atomic mass is 10.3. The predicted molar refractivity (Wildman–Crippen MR) is 35.7 cm³/mol. The first-order valence-corrected chi connectivity index (χ1v) is 3.10. The molecule has 0 saturated carbocycles. The molecule has 1 aliphatic rings. The van der Waals surface area contributed by atoms with E-state index in [9.17, 15) is 10.1 Å². The number of piperazine rings is 1. The molecule has 1 unspecified atom stereocenters. The Morgan fingerprint density at radius 2 is 2.60 bits per heavy atom. The minimum Gasteiger partial charge on any atom is -0.304 e. The second-order valence-electron chi connectivity index (χ2n) is 2.32. The summed E-state index contributed by atoms with van der Waals surface area (Å²) in [5.41, 5.74) is 0. The molecule has 10 heavy (non-hydrogen) atoms. The molecule has 5 heteroatoms. The van der Waals surface area contributed by atoms with Crippen molar-refractivity contribution >= 4 is 0 Å². The van der Waals surface area contributed by atoms with Crippen molar-refractivity contribution in [1.82, 2.24) is 10.2 Å². The number of nitrogens with zero attached hydrogens (tertiary/aromatic N) is 2. The maximum atomic E-state index is 10.3. The van der Waals surface area contributed by atoms with Crippen LogP contribution in [0.3, 0.4) is 0 Å². The van der Waals surface area contributed by atoms with Crippen LogP contribution in [0.25, 0.3) is 0 Å². The summed E-state index contributed by atoms with van der Waals surface area (Å²) >= 11 is 0. The van der Waals surface area contributed by atoms with Crippen LogP contribution in [-0.2, 0) is 0 Å². The van der Waals surface area contributed by atoms with Crippen LogP contribution in [0.15, 0.2) is 0 Å². The molecule has 1 N–H and O–H groups in total. The van der Waals surface area contributed by atoms with Crippen LogP contribution in [0.1, 0.15) is 0 Å². The van der Waals surface area contributed by atoms with Crippen molar-refractivity contribution in [2.45, 2.75) is 6.17 Å². The van der Waals surface area contributed by atoms with E-state index in [0.717, 1.165) is 0 Å². The fourth-order valence-corrected chi connectivity index (χ4v) is 0.910. The molecule has 0 amide bonds. The van der Waals surface area contributed by atoms with E-state index < -0.39 is 6.17 Å². The van der Waals surface area contributed by atoms with Crippen molar-refractivity contribution in [2.75, 3.05) is 20.1 Å². The lowest BCUT2D eigenvalue weighted by molar-refractivity contribution is -0.548. The largest absolute Gasteiger partial charge is 0.304 e. The van der Waals surface area contributed by atoms with Gasteiger partial charge in [-0.2, -0.15) is 0 Å². The fraction of sp³-hybridized carbons (Fsp3) is 0.800. The van der Waals surface area contributed by atoms with E-state index in [1.165, 1.54) is 0 Å². The van der Waals surface area contributed by atoms with E-state index in [1.54, 1.807) is 11.9 Å². The zero-order valence-electron chi connectivity index (χ0n) is 5.78. The Morgan fingerprint density at radius 3 is 3.00 bits per heavy atom. The van der Waals surface area contributed by atoms with E-state index in [0.29, 0.717) is 13.1 Å². The Labute approximate surface area is 59.2 Å². The monoisotopic (exact) mass is 144 g/mol. The van der Waals surface area contributed by atoms with Crippen LogP contribution in [-0.4, -0.2) is 36.1 Å². The van der Waals surface area contributed by atoms with Crippen molar-refractivity contribution in [2.24, 2.45) is 0 Å². The number of likely N-dealkylation sites (N-methyl/N-ethyl adjacent to an activating group) is 1. The SMILES string of the molecule is CN1C[CH]NCC1[N+](=O)[O-]. The summed E-state index contributed by atoms with van der Waals surface area (Å²) in [5.74, 6) is 0. The zero-order chi connectivity index (χ0) is 7.56. The molecular formula is C5H10N3O2. The van der Waals surface area contributed by atoms with Gasteiger partial charge in [-0.15, -0.1) is 0 Å². The molecular weight excluding hydrogens is 134 g/mol. The highest BCUT2D eigenvalue weighted by Crippen LogP contribution is 2.00. The molecule has 1 heterocycles. The highest BCUT2D eigenvalue weighted by atomic mass is 16.6. The molecule has 0 aliphatic carbocycles. The van der Waals surface area contributed by atoms with Gasteiger partial charge in [0.05, 0.1) is 6.54 Å². The molecule has 0 aromatic rings. The van der Waals surface area contributed by atoms with Gasteiger partial charge >= 0.3 is 0 Å². The molecule has 0 aromatic carbocycles. The van der Waals surface area contributed by atoms with Crippen LogP contribution in [0, 0.1) is 16.7 Å². The van der Waals surface area contributed by atoms with Gasteiger partial charge in [-0.25, -0.2) is 4.90 Å². The molecule has 0 aromatic heterocycles. The number of rotatable bonds is 1. The summed E-state index contributed by atoms with van der Waals surface area (Å²) < 4.78 is 0. The van der Waals surface area contributed by atoms with Crippen LogP contribution < -0.4 is 5.32 Å². The van der Waals surface area contributed by atoms with Crippen molar-refractivity contribution in [3.05, 3.63) is 16.7 Å². The molecule has 1 atom stereocenters. The Kier molecular flexibility index (Phi) is 2.18. The lowest BCUT2D eigenvalue weighted by Gasteiger charge is -2.25. The third-order valence-electron chi connectivity index (χ3n) is 1.58. The van der Waals surface area contributed by atoms with E-state index in [2.05, 4.69) is 5.32 Å². The predicted octanol–water partition coefficient (Wildman–Crippen LogP) is -0.714. The minimum absolute atomic E-state index is 0.278. The van der Waals surface area contributed by atoms with Crippen molar-refractivity contribution < 1.29 is 4.92 Å². The molecule has 1 fully saturated rings. The highest BCUT2D eigenvalue weighted by molar-refractivity contribution is 4.77. The number of nitrogens with one attached hydrogen (secondary N) is 1. The van der Waals surface area contributed by atoms with Gasteiger partial charge in [0.2, 0.25) is 0 Å². The standard InChI is InChI=1S/C5H10N3O2/c1-7-3-2-6-4-5(7)8(9)10/h2,5-6H,3-4H2,1H3. The van der Waals surface area contributed by atoms with Crippen molar-refractivity contribution in [3.8, 4) is 0 Å². The van der Waals surface area contributed by atoms with E-state index in [-0.39, 0.29) is 4.92 Å². The fourth-order valence-electron chi connectivity index (χ4n) is 0.910. The number of nitro groups is 1. The second kappa shape index (κ2) is 2.94. The van der Waals surface area contributed by atoms with E-state index in [4.69, 9.17) is 0 Å². The van der Waals surface area contributed by atoms with Gasteiger partial charge in [-0.1, -0.05) is 0 Å². The summed E-state index contributed by atoms with van der Waals surface area (Å²) in [6.07, 6.45) is -0.565. The van der Waals surface area contributed by atoms with Crippen LogP contribution in [0.2, 0.25) is 0 Å². The highest BCUT2D eigenvalue weighted by Gasteiger charge is 2.27. The maximum Gasteiger partial charge on any atom is 0.280 e. The smallest absolute Gasteiger partial charge is 0.280 e. The molecule has 1 radical (unpaired) electrons. The summed E-state index contributed by atoms with van der Waals surface area (Å²) in [5, 5.41) is 13.1. The van der Waals surface area contributed by atoms with E-state index >= 15 is 0 Å². The quantitative estimate of drug-likeness (QED) is 0.390. The Balaban J connectivity index is 2.47. The summed E-state index contributed by atoms with van der Waals surface area (Å²) in [4.78, 5) is 11.7. The second-order valence-corrected chi connectivity index (χ2v) is 2.32. The Morgan fingerprint density at radius 1 is 1.90 bits per heavy atom. The third-order valence-corrected chi connectivity index (χ3v) is 1.58. The summed E-state index contributed by atoms with van der Waals surface area (Å²) in [7, 11) is 1.74. The Hall–Kier alpha value is -0.680. The van der Waals surface area contributed by atoms with Gasteiger partial charge in [0.25, 0.3) is 6.17 Å². The normalized spacial score (nSPS) is 28.3. The number of hydrogen-bond donors (Lipinski definition) is 1. The van der Waals surface area contributed by atoms with Gasteiger partial charge in [0.15, 0.2) is 0 Å². The minimum atomic E-state index is -0.565. The average molecular weight is 144 g/mol. The third kappa shape index (κ3) is 1.43. The molecule has 1 aliphatic heterocycles. The van der Waals surface area contributed by atoms with Gasteiger partial charge in [-0.3, -0.25) is 10.1 Å². The maximum absolute atomic E-state index is 10.3. The van der Waals surface area contributed by atoms with E-state index in [1.807, 2.05) is 6.54 Å². The van der Waals surface area contributed by atoms with Crippen molar-refractivity contribution in [3.63, 3.8) is 0 Å². The van der Waals surface area contributed by atoms with Crippen LogP contribution in [0.4, 0.5) is 0 Å². The van der Waals surface area contributed by atoms with Gasteiger partial charge < -0.3 is 5.32 Å². The number of hydrogen-bond acceptors (Lipinski definition) is 4. The van der Waals surface area contributed by atoms with Crippen LogP contribution in [0.5, 0.6) is 0 Å². The average Bonchev–Trinajstić information content (AvgIpc) is 1.88. The molecule has 0 spiro atoms. The van der Waals surface area contributed by atoms with Gasteiger partial charge in [-0.05, 0) is 7.05 Å². The van der Waals surface area contributed by atoms with Crippen molar-refractivity contribution in [1.29, 1.82) is 0 Å². The topological polar surface area (TPSA) is 58.4 Å². The zero-order valence-corrected chi connectivity index (χ0v) is 5.78. The first-order valence-electron chi connectivity index (χ1n) is 3.10. The van der Waals surface area contributed by atoms with Gasteiger partial charge in [0.1, 0.15) is 0 Å². The molecule has 1 rings (SSSR count). The molecule has 57 valence electrons. The first-order chi connectivity index (χ1) is 4.72. The Bertz CT molecular complexity index is 139. The van der Waals surface area contributed by atoms with Crippen LogP contribution >= 0.6 is 0 Å².